The van der Waals surface area contributed by atoms with Crippen molar-refractivity contribution in [3.05, 3.63) is 23.5 Å². The molecule has 0 fully saturated rings. The molecule has 15 heavy (non-hydrogen) atoms. The fraction of sp³-hybridized carbons (Fsp3) is 0.250. The standard InChI is InChI=1S/C8H6F3NO3/c1-4-2-5(15-8(9,10)11)3-12-6(4)7(13)14/h2-3H,1H3,(H,13,14). The molecule has 0 aliphatic carbocycles. The van der Waals surface area contributed by atoms with E-state index < -0.39 is 18.1 Å². The molecule has 0 saturated heterocycles. The van der Waals surface area contributed by atoms with Gasteiger partial charge in [-0.1, -0.05) is 0 Å². The normalized spacial score (nSPS) is 11.2. The highest BCUT2D eigenvalue weighted by Gasteiger charge is 2.31. The minimum atomic E-state index is -4.81. The third-order valence-electron chi connectivity index (χ3n) is 1.49. The van der Waals surface area contributed by atoms with Gasteiger partial charge in [0, 0.05) is 0 Å². The second kappa shape index (κ2) is 3.76. The minimum Gasteiger partial charge on any atom is -0.477 e. The number of aromatic nitrogens is 1. The maximum Gasteiger partial charge on any atom is 0.573 e. The van der Waals surface area contributed by atoms with Crippen LogP contribution in [0.3, 0.4) is 0 Å². The lowest BCUT2D eigenvalue weighted by molar-refractivity contribution is -0.274. The Hall–Kier alpha value is -1.79. The van der Waals surface area contributed by atoms with Crippen LogP contribution in [0.2, 0.25) is 0 Å². The molecule has 0 bridgehead atoms. The first-order valence-corrected chi connectivity index (χ1v) is 3.75. The number of aryl methyl sites for hydroxylation is 1. The van der Waals surface area contributed by atoms with E-state index in [0.29, 0.717) is 6.20 Å². The van der Waals surface area contributed by atoms with Gasteiger partial charge in [0.15, 0.2) is 5.69 Å². The van der Waals surface area contributed by atoms with E-state index in [-0.39, 0.29) is 11.3 Å². The number of pyridine rings is 1. The average molecular weight is 221 g/mol. The topological polar surface area (TPSA) is 59.4 Å². The molecule has 82 valence electrons. The Kier molecular flexibility index (Phi) is 2.83. The van der Waals surface area contributed by atoms with Gasteiger partial charge in [-0.2, -0.15) is 0 Å². The number of halogens is 3. The highest BCUT2D eigenvalue weighted by atomic mass is 19.4. The Morgan fingerprint density at radius 1 is 1.53 bits per heavy atom. The molecule has 0 aromatic carbocycles. The van der Waals surface area contributed by atoms with Gasteiger partial charge in [-0.15, -0.1) is 13.2 Å². The summed E-state index contributed by atoms with van der Waals surface area (Å²) in [5.74, 6) is -1.84. The molecule has 0 aliphatic rings. The molecule has 1 rings (SSSR count). The van der Waals surface area contributed by atoms with Gasteiger partial charge >= 0.3 is 12.3 Å². The number of carboxylic acids is 1. The number of hydrogen-bond donors (Lipinski definition) is 1. The van der Waals surface area contributed by atoms with Gasteiger partial charge in [-0.25, -0.2) is 9.78 Å². The molecule has 1 aromatic heterocycles. The zero-order chi connectivity index (χ0) is 11.6. The van der Waals surface area contributed by atoms with Crippen molar-refractivity contribution < 1.29 is 27.8 Å². The van der Waals surface area contributed by atoms with Gasteiger partial charge in [0.05, 0.1) is 6.20 Å². The molecule has 1 heterocycles. The largest absolute Gasteiger partial charge is 0.573 e. The second-order valence-electron chi connectivity index (χ2n) is 2.69. The maximum atomic E-state index is 11.8. The fourth-order valence-corrected chi connectivity index (χ4v) is 0.962. The van der Waals surface area contributed by atoms with E-state index >= 15 is 0 Å². The summed E-state index contributed by atoms with van der Waals surface area (Å²) < 4.78 is 38.9. The monoisotopic (exact) mass is 221 g/mol. The molecule has 0 unspecified atom stereocenters. The average Bonchev–Trinajstić information content (AvgIpc) is 1.99. The summed E-state index contributed by atoms with van der Waals surface area (Å²) in [7, 11) is 0. The van der Waals surface area contributed by atoms with Gasteiger partial charge in [0.1, 0.15) is 5.75 Å². The van der Waals surface area contributed by atoms with Gasteiger partial charge in [0.25, 0.3) is 0 Å². The van der Waals surface area contributed by atoms with Crippen LogP contribution >= 0.6 is 0 Å². The lowest BCUT2D eigenvalue weighted by atomic mass is 10.2. The van der Waals surface area contributed by atoms with E-state index in [0.717, 1.165) is 6.07 Å². The molecule has 0 radical (unpaired) electrons. The molecule has 1 N–H and O–H groups in total. The number of ether oxygens (including phenoxy) is 1. The first-order chi connectivity index (χ1) is 6.79. The van der Waals surface area contributed by atoms with Crippen LogP contribution in [-0.4, -0.2) is 22.4 Å². The number of nitrogens with zero attached hydrogens (tertiary/aromatic N) is 1. The van der Waals surface area contributed by atoms with Crippen molar-refractivity contribution in [3.8, 4) is 5.75 Å². The molecule has 0 atom stereocenters. The lowest BCUT2D eigenvalue weighted by Gasteiger charge is -2.09. The Morgan fingerprint density at radius 3 is 2.53 bits per heavy atom. The third kappa shape index (κ3) is 3.12. The number of rotatable bonds is 2. The second-order valence-corrected chi connectivity index (χ2v) is 2.69. The summed E-state index contributed by atoms with van der Waals surface area (Å²) in [4.78, 5) is 13.8. The number of aromatic carboxylic acids is 1. The number of carboxylic acid groups (broad SMARTS) is 1. The van der Waals surface area contributed by atoms with Gasteiger partial charge in [-0.3, -0.25) is 0 Å². The van der Waals surface area contributed by atoms with Crippen molar-refractivity contribution in [1.29, 1.82) is 0 Å². The summed E-state index contributed by atoms with van der Waals surface area (Å²) in [6, 6.07) is 0.962. The summed E-state index contributed by atoms with van der Waals surface area (Å²) in [5.41, 5.74) is -0.200. The molecule has 0 aliphatic heterocycles. The van der Waals surface area contributed by atoms with E-state index in [4.69, 9.17) is 5.11 Å². The number of alkyl halides is 3. The summed E-state index contributed by atoms with van der Waals surface area (Å²) >= 11 is 0. The van der Waals surface area contributed by atoms with Crippen LogP contribution in [0.1, 0.15) is 16.1 Å². The van der Waals surface area contributed by atoms with Crippen LogP contribution in [0.25, 0.3) is 0 Å². The summed E-state index contributed by atoms with van der Waals surface area (Å²) in [6.07, 6.45) is -4.09. The molecule has 1 aromatic rings. The summed E-state index contributed by atoms with van der Waals surface area (Å²) in [6.45, 7) is 1.33. The Balaban J connectivity index is 2.97. The van der Waals surface area contributed by atoms with E-state index in [9.17, 15) is 18.0 Å². The van der Waals surface area contributed by atoms with Gasteiger partial charge in [0.2, 0.25) is 0 Å². The van der Waals surface area contributed by atoms with Crippen molar-refractivity contribution in [2.45, 2.75) is 13.3 Å². The molecular formula is C8H6F3NO3. The van der Waals surface area contributed by atoms with Crippen molar-refractivity contribution >= 4 is 5.97 Å². The quantitative estimate of drug-likeness (QED) is 0.829. The smallest absolute Gasteiger partial charge is 0.477 e. The van der Waals surface area contributed by atoms with Crippen molar-refractivity contribution in [3.63, 3.8) is 0 Å². The zero-order valence-electron chi connectivity index (χ0n) is 7.50. The van der Waals surface area contributed by atoms with Crippen LogP contribution in [0.5, 0.6) is 5.75 Å². The molecule has 0 amide bonds. The summed E-state index contributed by atoms with van der Waals surface area (Å²) in [5, 5.41) is 8.56. The predicted molar refractivity (Wildman–Crippen MR) is 42.6 cm³/mol. The Bertz CT molecular complexity index is 389. The first-order valence-electron chi connectivity index (χ1n) is 3.75. The highest BCUT2D eigenvalue weighted by Crippen LogP contribution is 2.23. The maximum absolute atomic E-state index is 11.8. The van der Waals surface area contributed by atoms with Gasteiger partial charge < -0.3 is 9.84 Å². The van der Waals surface area contributed by atoms with Gasteiger partial charge in [-0.05, 0) is 18.6 Å². The number of carbonyl (C=O) groups is 1. The van der Waals surface area contributed by atoms with E-state index in [1.165, 1.54) is 6.92 Å². The fourth-order valence-electron chi connectivity index (χ4n) is 0.962. The van der Waals surface area contributed by atoms with Crippen molar-refractivity contribution in [1.82, 2.24) is 4.98 Å². The molecule has 0 spiro atoms. The lowest BCUT2D eigenvalue weighted by Crippen LogP contribution is -2.17. The Labute approximate surface area is 82.3 Å². The van der Waals surface area contributed by atoms with Crippen LogP contribution in [0.4, 0.5) is 13.2 Å². The minimum absolute atomic E-state index is 0.101. The highest BCUT2D eigenvalue weighted by molar-refractivity contribution is 5.87. The van der Waals surface area contributed by atoms with E-state index in [1.807, 2.05) is 0 Å². The SMILES string of the molecule is Cc1cc(OC(F)(F)F)cnc1C(=O)O. The first kappa shape index (κ1) is 11.3. The molecule has 4 nitrogen and oxygen atoms in total. The van der Waals surface area contributed by atoms with Crippen LogP contribution < -0.4 is 4.74 Å². The third-order valence-corrected chi connectivity index (χ3v) is 1.49. The van der Waals surface area contributed by atoms with Crippen molar-refractivity contribution in [2.24, 2.45) is 0 Å². The molecular weight excluding hydrogens is 215 g/mol. The Morgan fingerprint density at radius 2 is 2.13 bits per heavy atom. The predicted octanol–water partition coefficient (Wildman–Crippen LogP) is 1.99. The molecule has 7 heteroatoms. The van der Waals surface area contributed by atoms with Crippen molar-refractivity contribution in [2.75, 3.05) is 0 Å². The zero-order valence-corrected chi connectivity index (χ0v) is 7.50. The van der Waals surface area contributed by atoms with E-state index in [1.54, 1.807) is 0 Å². The van der Waals surface area contributed by atoms with Crippen LogP contribution in [0.15, 0.2) is 12.3 Å². The van der Waals surface area contributed by atoms with Crippen LogP contribution in [0, 0.1) is 6.92 Å². The molecule has 0 saturated carbocycles. The number of hydrogen-bond acceptors (Lipinski definition) is 3. The van der Waals surface area contributed by atoms with Crippen LogP contribution in [-0.2, 0) is 0 Å². The van der Waals surface area contributed by atoms with E-state index in [2.05, 4.69) is 9.72 Å².